The number of hydrogen-bond acceptors (Lipinski definition) is 4. The maximum atomic E-state index is 11.1. The second-order valence-corrected chi connectivity index (χ2v) is 5.15. The summed E-state index contributed by atoms with van der Waals surface area (Å²) in [4.78, 5) is 10.5. The normalized spacial score (nSPS) is 13.7. The van der Waals surface area contributed by atoms with Crippen molar-refractivity contribution in [1.82, 2.24) is 3.97 Å². The van der Waals surface area contributed by atoms with Gasteiger partial charge in [-0.1, -0.05) is 0 Å². The van der Waals surface area contributed by atoms with Crippen LogP contribution in [0.5, 0.6) is 0 Å². The first-order valence-corrected chi connectivity index (χ1v) is 6.01. The molecule has 7 heteroatoms. The van der Waals surface area contributed by atoms with Crippen LogP contribution in [-0.2, 0) is 21.2 Å². The van der Waals surface area contributed by atoms with E-state index >= 15 is 0 Å². The average Bonchev–Trinajstić information content (AvgIpc) is 2.51. The van der Waals surface area contributed by atoms with Crippen LogP contribution < -0.4 is 5.73 Å². The van der Waals surface area contributed by atoms with Gasteiger partial charge in [-0.15, -0.1) is 0 Å². The van der Waals surface area contributed by atoms with Crippen LogP contribution in [0.25, 0.3) is 0 Å². The van der Waals surface area contributed by atoms with Crippen LogP contribution >= 0.6 is 0 Å². The third-order valence-corrected chi connectivity index (χ3v) is 2.88. The van der Waals surface area contributed by atoms with Crippen LogP contribution in [0.15, 0.2) is 18.5 Å². The minimum atomic E-state index is -3.31. The molecule has 0 aliphatic heterocycles. The Morgan fingerprint density at radius 3 is 2.67 bits per heavy atom. The Hall–Kier alpha value is -1.34. The highest BCUT2D eigenvalue weighted by Gasteiger charge is 2.14. The summed E-state index contributed by atoms with van der Waals surface area (Å²) in [6.07, 6.45) is 3.89. The quantitative estimate of drug-likeness (QED) is 0.711. The van der Waals surface area contributed by atoms with Crippen molar-refractivity contribution in [2.75, 3.05) is 6.26 Å². The molecule has 0 saturated carbocycles. The van der Waals surface area contributed by atoms with E-state index in [4.69, 9.17) is 10.8 Å². The number of aliphatic carboxylic acids is 1. The highest BCUT2D eigenvalue weighted by atomic mass is 32.2. The molecule has 1 atom stereocenters. The summed E-state index contributed by atoms with van der Waals surface area (Å²) in [6.45, 7) is 0. The van der Waals surface area contributed by atoms with E-state index in [-0.39, 0.29) is 6.42 Å². The van der Waals surface area contributed by atoms with Crippen LogP contribution in [-0.4, -0.2) is 35.8 Å². The van der Waals surface area contributed by atoms with Crippen molar-refractivity contribution in [3.05, 3.63) is 24.0 Å². The Morgan fingerprint density at radius 2 is 2.27 bits per heavy atom. The lowest BCUT2D eigenvalue weighted by molar-refractivity contribution is -0.138. The highest BCUT2D eigenvalue weighted by Crippen LogP contribution is 2.06. The van der Waals surface area contributed by atoms with Gasteiger partial charge in [-0.3, -0.25) is 8.77 Å². The average molecular weight is 232 g/mol. The van der Waals surface area contributed by atoms with Crippen LogP contribution in [0, 0.1) is 0 Å². The summed E-state index contributed by atoms with van der Waals surface area (Å²) < 4.78 is 23.2. The van der Waals surface area contributed by atoms with E-state index in [1.807, 2.05) is 0 Å². The van der Waals surface area contributed by atoms with E-state index in [9.17, 15) is 13.2 Å². The molecule has 0 aliphatic carbocycles. The fourth-order valence-electron chi connectivity index (χ4n) is 1.09. The van der Waals surface area contributed by atoms with Gasteiger partial charge in [0.15, 0.2) is 0 Å². The first-order chi connectivity index (χ1) is 6.80. The molecule has 1 aromatic rings. The maximum Gasteiger partial charge on any atom is 0.320 e. The van der Waals surface area contributed by atoms with Crippen molar-refractivity contribution < 1.29 is 18.3 Å². The topological polar surface area (TPSA) is 102 Å². The summed E-state index contributed by atoms with van der Waals surface area (Å²) in [5.41, 5.74) is 5.89. The standard InChI is InChI=1S/C8H12N2O4S/c1-15(13,14)10-3-2-6(5-10)4-7(9)8(11)12/h2-3,5,7H,4,9H2,1H3,(H,11,12)/t7-/m0/s1. The maximum absolute atomic E-state index is 11.1. The molecule has 0 amide bonds. The number of aromatic nitrogens is 1. The van der Waals surface area contributed by atoms with Crippen molar-refractivity contribution in [3.8, 4) is 0 Å². The largest absolute Gasteiger partial charge is 0.480 e. The monoisotopic (exact) mass is 232 g/mol. The Balaban J connectivity index is 2.82. The van der Waals surface area contributed by atoms with Crippen molar-refractivity contribution in [1.29, 1.82) is 0 Å². The number of hydrogen-bond donors (Lipinski definition) is 2. The zero-order valence-corrected chi connectivity index (χ0v) is 8.94. The fraction of sp³-hybridized carbons (Fsp3) is 0.375. The first-order valence-electron chi connectivity index (χ1n) is 4.16. The zero-order valence-electron chi connectivity index (χ0n) is 8.12. The molecular formula is C8H12N2O4S. The van der Waals surface area contributed by atoms with Crippen LogP contribution in [0.4, 0.5) is 0 Å². The Labute approximate surface area is 87.4 Å². The Bertz CT molecular complexity index is 463. The molecule has 0 bridgehead atoms. The molecule has 0 fully saturated rings. The van der Waals surface area contributed by atoms with Gasteiger partial charge in [0.2, 0.25) is 10.0 Å². The molecule has 0 saturated heterocycles. The smallest absolute Gasteiger partial charge is 0.320 e. The predicted octanol–water partition coefficient (Wildman–Crippen LogP) is -0.750. The molecule has 0 spiro atoms. The zero-order chi connectivity index (χ0) is 11.6. The molecule has 1 heterocycles. The number of nitrogens with zero attached hydrogens (tertiary/aromatic N) is 1. The van der Waals surface area contributed by atoms with Gasteiger partial charge >= 0.3 is 5.97 Å². The van der Waals surface area contributed by atoms with E-state index < -0.39 is 22.0 Å². The van der Waals surface area contributed by atoms with Gasteiger partial charge < -0.3 is 10.8 Å². The van der Waals surface area contributed by atoms with Crippen molar-refractivity contribution in [2.45, 2.75) is 12.5 Å². The molecule has 15 heavy (non-hydrogen) atoms. The molecule has 3 N–H and O–H groups in total. The molecule has 1 rings (SSSR count). The van der Waals surface area contributed by atoms with Gasteiger partial charge in [-0.2, -0.15) is 0 Å². The third kappa shape index (κ3) is 3.07. The second kappa shape index (κ2) is 4.03. The number of rotatable bonds is 4. The Morgan fingerprint density at radius 1 is 1.67 bits per heavy atom. The molecule has 0 radical (unpaired) electrons. The summed E-state index contributed by atoms with van der Waals surface area (Å²) in [6, 6.07) is 0.518. The molecule has 84 valence electrons. The summed E-state index contributed by atoms with van der Waals surface area (Å²) >= 11 is 0. The van der Waals surface area contributed by atoms with Crippen molar-refractivity contribution in [2.24, 2.45) is 5.73 Å². The lowest BCUT2D eigenvalue weighted by atomic mass is 10.1. The van der Waals surface area contributed by atoms with Gasteiger partial charge in [-0.25, -0.2) is 8.42 Å². The molecule has 0 unspecified atom stereocenters. The first kappa shape index (κ1) is 11.7. The van der Waals surface area contributed by atoms with Crippen LogP contribution in [0.1, 0.15) is 5.56 Å². The minimum absolute atomic E-state index is 0.109. The lowest BCUT2D eigenvalue weighted by Gasteiger charge is -2.03. The number of nitrogens with two attached hydrogens (primary N) is 1. The number of carboxylic acids is 1. The molecule has 1 aromatic heterocycles. The van der Waals surface area contributed by atoms with E-state index in [1.165, 1.54) is 18.5 Å². The summed E-state index contributed by atoms with van der Waals surface area (Å²) in [5, 5.41) is 8.56. The summed E-state index contributed by atoms with van der Waals surface area (Å²) in [5.74, 6) is -1.11. The van der Waals surface area contributed by atoms with Crippen molar-refractivity contribution in [3.63, 3.8) is 0 Å². The second-order valence-electron chi connectivity index (χ2n) is 3.26. The SMILES string of the molecule is CS(=O)(=O)n1ccc(C[C@H](N)C(=O)O)c1. The van der Waals surface area contributed by atoms with Gasteiger partial charge in [0.05, 0.1) is 6.26 Å². The van der Waals surface area contributed by atoms with E-state index in [1.54, 1.807) is 0 Å². The molecule has 6 nitrogen and oxygen atoms in total. The third-order valence-electron chi connectivity index (χ3n) is 1.88. The molecular weight excluding hydrogens is 220 g/mol. The van der Waals surface area contributed by atoms with E-state index in [0.717, 1.165) is 10.2 Å². The van der Waals surface area contributed by atoms with Crippen molar-refractivity contribution >= 4 is 16.0 Å². The van der Waals surface area contributed by atoms with Crippen LogP contribution in [0.3, 0.4) is 0 Å². The van der Waals surface area contributed by atoms with Gasteiger partial charge in [0, 0.05) is 12.4 Å². The predicted molar refractivity (Wildman–Crippen MR) is 54.0 cm³/mol. The number of carboxylic acid groups (broad SMARTS) is 1. The van der Waals surface area contributed by atoms with Crippen LogP contribution in [0.2, 0.25) is 0 Å². The molecule has 0 aliphatic rings. The van der Waals surface area contributed by atoms with Gasteiger partial charge in [0.25, 0.3) is 0 Å². The lowest BCUT2D eigenvalue weighted by Crippen LogP contribution is -2.32. The van der Waals surface area contributed by atoms with Gasteiger partial charge in [0.1, 0.15) is 6.04 Å². The van der Waals surface area contributed by atoms with Gasteiger partial charge in [-0.05, 0) is 18.1 Å². The minimum Gasteiger partial charge on any atom is -0.480 e. The number of carbonyl (C=O) groups is 1. The highest BCUT2D eigenvalue weighted by molar-refractivity contribution is 7.89. The van der Waals surface area contributed by atoms with E-state index in [2.05, 4.69) is 0 Å². The summed E-state index contributed by atoms with van der Waals surface area (Å²) in [7, 11) is -3.31. The van der Waals surface area contributed by atoms with E-state index in [0.29, 0.717) is 5.56 Å². The molecule has 0 aromatic carbocycles. The Kier molecular flexibility index (Phi) is 3.15. The fourth-order valence-corrected chi connectivity index (χ4v) is 1.70.